The van der Waals surface area contributed by atoms with Crippen LogP contribution < -0.4 is 5.43 Å². The number of ketones is 1. The molecule has 0 bridgehead atoms. The molecule has 0 atom stereocenters. The first-order chi connectivity index (χ1) is 12.1. The molecular formula is C17H15ClN4O4. The van der Waals surface area contributed by atoms with E-state index in [-0.39, 0.29) is 27.4 Å². The van der Waals surface area contributed by atoms with Crippen LogP contribution in [0.3, 0.4) is 0 Å². The van der Waals surface area contributed by atoms with Crippen LogP contribution in [0.5, 0.6) is 0 Å². The van der Waals surface area contributed by atoms with Crippen LogP contribution in [0, 0.1) is 11.3 Å². The largest absolute Gasteiger partial charge is 0.478 e. The Morgan fingerprint density at radius 2 is 2.08 bits per heavy atom. The van der Waals surface area contributed by atoms with E-state index in [1.54, 1.807) is 6.07 Å². The summed E-state index contributed by atoms with van der Waals surface area (Å²) >= 11 is 5.85. The van der Waals surface area contributed by atoms with E-state index in [0.717, 1.165) is 0 Å². The molecule has 2 aromatic rings. The first kappa shape index (κ1) is 19.1. The number of aromatic nitrogens is 1. The number of rotatable bonds is 5. The van der Waals surface area contributed by atoms with E-state index in [2.05, 4.69) is 15.7 Å². The molecule has 1 aromatic heterocycles. The van der Waals surface area contributed by atoms with Gasteiger partial charge in [0.1, 0.15) is 17.4 Å². The molecule has 0 fully saturated rings. The normalized spacial score (nSPS) is 11.7. The van der Waals surface area contributed by atoms with Gasteiger partial charge in [-0.1, -0.05) is 43.6 Å². The summed E-state index contributed by atoms with van der Waals surface area (Å²) in [7, 11) is 0. The fourth-order valence-electron chi connectivity index (χ4n) is 1.93. The molecule has 0 saturated heterocycles. The minimum Gasteiger partial charge on any atom is -0.478 e. The third kappa shape index (κ3) is 4.07. The van der Waals surface area contributed by atoms with E-state index in [1.165, 1.54) is 24.3 Å². The topological polar surface area (TPSA) is 129 Å². The van der Waals surface area contributed by atoms with Crippen LogP contribution in [0.2, 0.25) is 5.02 Å². The van der Waals surface area contributed by atoms with E-state index < -0.39 is 17.5 Å². The fraction of sp³-hybridized carbons (Fsp3) is 0.235. The van der Waals surface area contributed by atoms with Crippen LogP contribution >= 0.6 is 11.6 Å². The number of nitrogens with one attached hydrogen (secondary N) is 1. The second kappa shape index (κ2) is 7.37. The minimum atomic E-state index is -1.27. The van der Waals surface area contributed by atoms with Crippen molar-refractivity contribution in [3.63, 3.8) is 0 Å². The lowest BCUT2D eigenvalue weighted by molar-refractivity contribution is 0.0698. The number of carboxylic acid groups (broad SMARTS) is 1. The second-order valence-corrected chi connectivity index (χ2v) is 6.71. The van der Waals surface area contributed by atoms with Crippen molar-refractivity contribution in [2.45, 2.75) is 26.2 Å². The zero-order chi connectivity index (χ0) is 19.5. The molecule has 2 rings (SSSR count). The van der Waals surface area contributed by atoms with Crippen molar-refractivity contribution in [1.82, 2.24) is 5.16 Å². The zero-order valence-corrected chi connectivity index (χ0v) is 15.0. The predicted octanol–water partition coefficient (Wildman–Crippen LogP) is 3.50. The molecule has 134 valence electrons. The SMILES string of the molecule is CC(C)(C)c1cc(C(=O)/C(C#N)=N/Nc2cccc(Cl)c2C(=O)O)no1. The molecule has 0 aliphatic carbocycles. The van der Waals surface area contributed by atoms with Crippen molar-refractivity contribution in [3.8, 4) is 6.07 Å². The van der Waals surface area contributed by atoms with E-state index in [0.29, 0.717) is 5.76 Å². The van der Waals surface area contributed by atoms with E-state index in [9.17, 15) is 20.0 Å². The molecule has 1 aromatic carbocycles. The summed E-state index contributed by atoms with van der Waals surface area (Å²) in [5, 5.41) is 25.8. The van der Waals surface area contributed by atoms with Crippen molar-refractivity contribution in [1.29, 1.82) is 5.26 Å². The Bertz CT molecular complexity index is 935. The number of Topliss-reactive ketones (excluding diaryl/α,β-unsaturated/α-hetero) is 1. The summed E-state index contributed by atoms with van der Waals surface area (Å²) < 4.78 is 5.12. The van der Waals surface area contributed by atoms with Gasteiger partial charge in [0, 0.05) is 11.5 Å². The molecule has 0 radical (unpaired) electrons. The Morgan fingerprint density at radius 3 is 2.62 bits per heavy atom. The average Bonchev–Trinajstić information content (AvgIpc) is 3.05. The van der Waals surface area contributed by atoms with Gasteiger partial charge in [0.2, 0.25) is 11.5 Å². The van der Waals surface area contributed by atoms with Gasteiger partial charge in [-0.25, -0.2) is 4.79 Å². The molecule has 2 N–H and O–H groups in total. The fourth-order valence-corrected chi connectivity index (χ4v) is 2.19. The van der Waals surface area contributed by atoms with Crippen LogP contribution in [-0.2, 0) is 5.41 Å². The van der Waals surface area contributed by atoms with E-state index in [1.807, 2.05) is 20.8 Å². The van der Waals surface area contributed by atoms with Gasteiger partial charge in [-0.15, -0.1) is 0 Å². The number of halogens is 1. The van der Waals surface area contributed by atoms with Crippen LogP contribution in [-0.4, -0.2) is 27.7 Å². The highest BCUT2D eigenvalue weighted by Gasteiger charge is 2.25. The summed E-state index contributed by atoms with van der Waals surface area (Å²) in [5.74, 6) is -1.54. The van der Waals surface area contributed by atoms with Gasteiger partial charge in [-0.3, -0.25) is 10.2 Å². The lowest BCUT2D eigenvalue weighted by Crippen LogP contribution is -2.15. The van der Waals surface area contributed by atoms with E-state index >= 15 is 0 Å². The number of hydrogen-bond donors (Lipinski definition) is 2. The molecule has 0 spiro atoms. The van der Waals surface area contributed by atoms with Gasteiger partial charge in [-0.2, -0.15) is 10.4 Å². The Hall–Kier alpha value is -3.18. The van der Waals surface area contributed by atoms with Gasteiger partial charge >= 0.3 is 5.97 Å². The maximum Gasteiger partial charge on any atom is 0.339 e. The molecule has 8 nitrogen and oxygen atoms in total. The van der Waals surface area contributed by atoms with Crippen LogP contribution in [0.15, 0.2) is 33.9 Å². The summed E-state index contributed by atoms with van der Waals surface area (Å²) in [6, 6.07) is 7.42. The molecule has 0 unspecified atom stereocenters. The van der Waals surface area contributed by atoms with E-state index in [4.69, 9.17) is 16.1 Å². The maximum atomic E-state index is 12.4. The molecular weight excluding hydrogens is 360 g/mol. The first-order valence-corrected chi connectivity index (χ1v) is 7.80. The lowest BCUT2D eigenvalue weighted by Gasteiger charge is -2.12. The molecule has 0 aliphatic rings. The summed E-state index contributed by atoms with van der Waals surface area (Å²) in [6.45, 7) is 5.65. The van der Waals surface area contributed by atoms with Crippen molar-refractivity contribution in [2.24, 2.45) is 5.10 Å². The molecule has 0 aliphatic heterocycles. The average molecular weight is 375 g/mol. The van der Waals surface area contributed by atoms with Crippen molar-refractivity contribution < 1.29 is 19.2 Å². The van der Waals surface area contributed by atoms with Gasteiger partial charge in [-0.05, 0) is 12.1 Å². The highest BCUT2D eigenvalue weighted by Crippen LogP contribution is 2.25. The highest BCUT2D eigenvalue weighted by molar-refractivity contribution is 6.51. The number of nitrogens with zero attached hydrogens (tertiary/aromatic N) is 3. The Morgan fingerprint density at radius 1 is 1.38 bits per heavy atom. The summed E-state index contributed by atoms with van der Waals surface area (Å²) in [6.07, 6.45) is 0. The third-order valence-corrected chi connectivity index (χ3v) is 3.63. The summed E-state index contributed by atoms with van der Waals surface area (Å²) in [4.78, 5) is 23.6. The number of hydrazone groups is 1. The number of nitriles is 1. The summed E-state index contributed by atoms with van der Waals surface area (Å²) in [5.41, 5.74) is 1.29. The van der Waals surface area contributed by atoms with Crippen molar-refractivity contribution in [3.05, 3.63) is 46.3 Å². The number of aromatic carboxylic acids is 1. The Labute approximate surface area is 154 Å². The Balaban J connectivity index is 2.31. The van der Waals surface area contributed by atoms with Crippen LogP contribution in [0.25, 0.3) is 0 Å². The lowest BCUT2D eigenvalue weighted by atomic mass is 9.93. The third-order valence-electron chi connectivity index (χ3n) is 3.32. The standard InChI is InChI=1S/C17H15ClN4O4/c1-17(2,3)13-7-11(22-26-13)15(23)12(8-19)21-20-10-6-4-5-9(18)14(10)16(24)25/h4-7,20H,1-3H3,(H,24,25)/b21-12+. The highest BCUT2D eigenvalue weighted by atomic mass is 35.5. The van der Waals surface area contributed by atoms with Crippen LogP contribution in [0.4, 0.5) is 5.69 Å². The number of carbonyl (C=O) groups excluding carboxylic acids is 1. The predicted molar refractivity (Wildman–Crippen MR) is 94.6 cm³/mol. The first-order valence-electron chi connectivity index (χ1n) is 7.42. The molecule has 0 amide bonds. The molecule has 26 heavy (non-hydrogen) atoms. The zero-order valence-electron chi connectivity index (χ0n) is 14.2. The Kier molecular flexibility index (Phi) is 5.43. The molecule has 0 saturated carbocycles. The monoisotopic (exact) mass is 374 g/mol. The molecule has 1 heterocycles. The number of carbonyl (C=O) groups is 2. The quantitative estimate of drug-likeness (QED) is 0.465. The molecule has 9 heteroatoms. The minimum absolute atomic E-state index is 0.00569. The number of anilines is 1. The number of hydrogen-bond acceptors (Lipinski definition) is 7. The van der Waals surface area contributed by atoms with Gasteiger partial charge in [0.05, 0.1) is 10.7 Å². The van der Waals surface area contributed by atoms with Gasteiger partial charge in [0.25, 0.3) is 0 Å². The van der Waals surface area contributed by atoms with Crippen molar-refractivity contribution >= 4 is 34.8 Å². The van der Waals surface area contributed by atoms with Crippen LogP contribution in [0.1, 0.15) is 47.4 Å². The van der Waals surface area contributed by atoms with Gasteiger partial charge < -0.3 is 9.63 Å². The maximum absolute atomic E-state index is 12.4. The van der Waals surface area contributed by atoms with Crippen molar-refractivity contribution in [2.75, 3.05) is 5.43 Å². The number of carboxylic acids is 1. The second-order valence-electron chi connectivity index (χ2n) is 6.31. The van der Waals surface area contributed by atoms with Gasteiger partial charge in [0.15, 0.2) is 5.69 Å². The smallest absolute Gasteiger partial charge is 0.339 e. The number of benzene rings is 1.